The molecule has 1 aromatic heterocycles. The fourth-order valence-corrected chi connectivity index (χ4v) is 1.79. The molecule has 18 heavy (non-hydrogen) atoms. The Morgan fingerprint density at radius 1 is 1.39 bits per heavy atom. The van der Waals surface area contributed by atoms with E-state index in [1.807, 2.05) is 18.0 Å². The lowest BCUT2D eigenvalue weighted by molar-refractivity contribution is 0.0698. The van der Waals surface area contributed by atoms with Crippen LogP contribution in [0.5, 0.6) is 0 Å². The van der Waals surface area contributed by atoms with Crippen LogP contribution >= 0.6 is 0 Å². The molecule has 0 spiro atoms. The van der Waals surface area contributed by atoms with Crippen molar-refractivity contribution in [1.82, 2.24) is 0 Å². The van der Waals surface area contributed by atoms with Crippen molar-refractivity contribution in [3.8, 4) is 0 Å². The van der Waals surface area contributed by atoms with Crippen LogP contribution in [-0.4, -0.2) is 18.1 Å². The average Bonchev–Trinajstić information content (AvgIpc) is 2.81. The highest BCUT2D eigenvalue weighted by molar-refractivity contribution is 5.97. The summed E-state index contributed by atoms with van der Waals surface area (Å²) in [5.41, 5.74) is 6.91. The van der Waals surface area contributed by atoms with Gasteiger partial charge in [0.25, 0.3) is 0 Å². The number of nitrogens with zero attached hydrogens (tertiary/aromatic N) is 1. The van der Waals surface area contributed by atoms with Crippen molar-refractivity contribution in [1.29, 1.82) is 0 Å². The van der Waals surface area contributed by atoms with Gasteiger partial charge in [0.2, 0.25) is 0 Å². The standard InChI is InChI=1S/C13H14N2O3/c1-15(8-9-4-3-7-18-9)11-6-2-5-10(12(11)14)13(16)17/h2-7H,8,14H2,1H3,(H,16,17). The summed E-state index contributed by atoms with van der Waals surface area (Å²) < 4.78 is 5.24. The lowest BCUT2D eigenvalue weighted by Gasteiger charge is -2.20. The highest BCUT2D eigenvalue weighted by Gasteiger charge is 2.14. The highest BCUT2D eigenvalue weighted by atomic mass is 16.4. The molecule has 0 saturated carbocycles. The average molecular weight is 246 g/mol. The van der Waals surface area contributed by atoms with Gasteiger partial charge in [0.1, 0.15) is 5.76 Å². The van der Waals surface area contributed by atoms with E-state index in [2.05, 4.69) is 0 Å². The van der Waals surface area contributed by atoms with E-state index in [-0.39, 0.29) is 11.3 Å². The zero-order chi connectivity index (χ0) is 13.1. The molecule has 0 amide bonds. The number of furan rings is 1. The molecule has 0 aliphatic carbocycles. The van der Waals surface area contributed by atoms with Crippen molar-refractivity contribution in [2.45, 2.75) is 6.54 Å². The first kappa shape index (κ1) is 12.0. The summed E-state index contributed by atoms with van der Waals surface area (Å²) in [5, 5.41) is 9.01. The molecule has 0 aliphatic heterocycles. The van der Waals surface area contributed by atoms with E-state index in [1.165, 1.54) is 6.07 Å². The van der Waals surface area contributed by atoms with E-state index in [4.69, 9.17) is 15.3 Å². The fourth-order valence-electron chi connectivity index (χ4n) is 1.79. The summed E-state index contributed by atoms with van der Waals surface area (Å²) in [6, 6.07) is 8.61. The lowest BCUT2D eigenvalue weighted by atomic mass is 10.1. The van der Waals surface area contributed by atoms with Crippen LogP contribution in [-0.2, 0) is 6.54 Å². The quantitative estimate of drug-likeness (QED) is 0.808. The molecule has 0 aliphatic rings. The molecule has 0 fully saturated rings. The first-order valence-electron chi connectivity index (χ1n) is 5.45. The first-order valence-corrected chi connectivity index (χ1v) is 5.45. The maximum absolute atomic E-state index is 11.0. The summed E-state index contributed by atoms with van der Waals surface area (Å²) in [6.45, 7) is 0.528. The number of carboxylic acids is 1. The maximum Gasteiger partial charge on any atom is 0.337 e. The van der Waals surface area contributed by atoms with Crippen LogP contribution in [0.15, 0.2) is 41.0 Å². The number of anilines is 2. The number of benzene rings is 1. The topological polar surface area (TPSA) is 79.7 Å². The molecule has 94 valence electrons. The number of rotatable bonds is 4. The number of hydrogen-bond donors (Lipinski definition) is 2. The highest BCUT2D eigenvalue weighted by Crippen LogP contribution is 2.27. The molecular formula is C13H14N2O3. The summed E-state index contributed by atoms with van der Waals surface area (Å²) in [5.74, 6) is -0.238. The predicted octanol–water partition coefficient (Wildman–Crippen LogP) is 2.20. The first-order chi connectivity index (χ1) is 8.59. The molecule has 2 rings (SSSR count). The molecule has 1 aromatic carbocycles. The number of carbonyl (C=O) groups is 1. The maximum atomic E-state index is 11.0. The smallest absolute Gasteiger partial charge is 0.337 e. The van der Waals surface area contributed by atoms with Crippen LogP contribution in [0.4, 0.5) is 11.4 Å². The lowest BCUT2D eigenvalue weighted by Crippen LogP contribution is -2.18. The van der Waals surface area contributed by atoms with E-state index < -0.39 is 5.97 Å². The minimum absolute atomic E-state index is 0.110. The number of carboxylic acid groups (broad SMARTS) is 1. The number of nitrogens with two attached hydrogens (primary N) is 1. The van der Waals surface area contributed by atoms with Crippen molar-refractivity contribution in [3.63, 3.8) is 0 Å². The summed E-state index contributed by atoms with van der Waals surface area (Å²) in [7, 11) is 1.83. The third kappa shape index (κ3) is 2.29. The van der Waals surface area contributed by atoms with Crippen molar-refractivity contribution in [2.24, 2.45) is 0 Å². The summed E-state index contributed by atoms with van der Waals surface area (Å²) >= 11 is 0. The molecule has 2 aromatic rings. The Kier molecular flexibility index (Phi) is 3.23. The molecule has 5 nitrogen and oxygen atoms in total. The SMILES string of the molecule is CN(Cc1ccco1)c1cccc(C(=O)O)c1N. The summed E-state index contributed by atoms with van der Waals surface area (Å²) in [4.78, 5) is 12.8. The Balaban J connectivity index is 2.27. The van der Waals surface area contributed by atoms with Crippen molar-refractivity contribution >= 4 is 17.3 Å². The van der Waals surface area contributed by atoms with Gasteiger partial charge < -0.3 is 20.2 Å². The van der Waals surface area contributed by atoms with Gasteiger partial charge in [0.05, 0.1) is 29.7 Å². The van der Waals surface area contributed by atoms with Gasteiger partial charge in [0, 0.05) is 7.05 Å². The van der Waals surface area contributed by atoms with E-state index in [1.54, 1.807) is 24.5 Å². The van der Waals surface area contributed by atoms with Crippen molar-refractivity contribution in [3.05, 3.63) is 47.9 Å². The molecule has 0 atom stereocenters. The van der Waals surface area contributed by atoms with Gasteiger partial charge in [-0.1, -0.05) is 6.07 Å². The third-order valence-electron chi connectivity index (χ3n) is 2.70. The molecule has 5 heteroatoms. The number of para-hydroxylation sites is 1. The molecule has 0 unspecified atom stereocenters. The van der Waals surface area contributed by atoms with Gasteiger partial charge in [-0.3, -0.25) is 0 Å². The van der Waals surface area contributed by atoms with Crippen LogP contribution in [0.25, 0.3) is 0 Å². The van der Waals surface area contributed by atoms with E-state index in [9.17, 15) is 4.79 Å². The number of aromatic carboxylic acids is 1. The van der Waals surface area contributed by atoms with E-state index >= 15 is 0 Å². The normalized spacial score (nSPS) is 10.3. The monoisotopic (exact) mass is 246 g/mol. The van der Waals surface area contributed by atoms with Crippen LogP contribution in [0, 0.1) is 0 Å². The van der Waals surface area contributed by atoms with Crippen molar-refractivity contribution in [2.75, 3.05) is 17.7 Å². The van der Waals surface area contributed by atoms with Gasteiger partial charge in [0.15, 0.2) is 0 Å². The molecular weight excluding hydrogens is 232 g/mol. The number of nitrogen functional groups attached to an aromatic ring is 1. The second-order valence-corrected chi connectivity index (χ2v) is 3.98. The Morgan fingerprint density at radius 2 is 2.17 bits per heavy atom. The zero-order valence-electron chi connectivity index (χ0n) is 9.96. The van der Waals surface area contributed by atoms with Gasteiger partial charge in [-0.2, -0.15) is 0 Å². The molecule has 0 radical (unpaired) electrons. The van der Waals surface area contributed by atoms with Crippen LogP contribution in [0.1, 0.15) is 16.1 Å². The molecule has 3 N–H and O–H groups in total. The molecule has 0 bridgehead atoms. The van der Waals surface area contributed by atoms with Crippen molar-refractivity contribution < 1.29 is 14.3 Å². The van der Waals surface area contributed by atoms with Gasteiger partial charge in [-0.05, 0) is 24.3 Å². The Morgan fingerprint density at radius 3 is 2.78 bits per heavy atom. The number of hydrogen-bond acceptors (Lipinski definition) is 4. The van der Waals surface area contributed by atoms with Gasteiger partial charge >= 0.3 is 5.97 Å². The Bertz CT molecular complexity index is 549. The minimum atomic E-state index is -1.03. The van der Waals surface area contributed by atoms with Crippen LogP contribution in [0.3, 0.4) is 0 Å². The molecule has 1 heterocycles. The van der Waals surface area contributed by atoms with E-state index in [0.29, 0.717) is 12.2 Å². The Hall–Kier alpha value is -2.43. The van der Waals surface area contributed by atoms with Crippen LogP contribution < -0.4 is 10.6 Å². The van der Waals surface area contributed by atoms with Gasteiger partial charge in [-0.25, -0.2) is 4.79 Å². The zero-order valence-corrected chi connectivity index (χ0v) is 9.96. The minimum Gasteiger partial charge on any atom is -0.478 e. The molecule has 0 saturated heterocycles. The predicted molar refractivity (Wildman–Crippen MR) is 68.6 cm³/mol. The third-order valence-corrected chi connectivity index (χ3v) is 2.70. The second kappa shape index (κ2) is 4.83. The summed E-state index contributed by atoms with van der Waals surface area (Å²) in [6.07, 6.45) is 1.60. The largest absolute Gasteiger partial charge is 0.478 e. The fraction of sp³-hybridized carbons (Fsp3) is 0.154. The van der Waals surface area contributed by atoms with Crippen LogP contribution in [0.2, 0.25) is 0 Å². The van der Waals surface area contributed by atoms with E-state index in [0.717, 1.165) is 5.76 Å². The van der Waals surface area contributed by atoms with Gasteiger partial charge in [-0.15, -0.1) is 0 Å². The second-order valence-electron chi connectivity index (χ2n) is 3.98. The Labute approximate surface area is 104 Å².